The molecule has 0 spiro atoms. The molecule has 3 heterocycles. The van der Waals surface area contributed by atoms with Crippen molar-refractivity contribution in [3.63, 3.8) is 0 Å². The third-order valence-corrected chi connectivity index (χ3v) is 8.16. The van der Waals surface area contributed by atoms with Crippen LogP contribution in [0.15, 0.2) is 53.5 Å². The van der Waals surface area contributed by atoms with E-state index in [9.17, 15) is 22.8 Å². The van der Waals surface area contributed by atoms with Gasteiger partial charge in [-0.3, -0.25) is 14.4 Å². The molecule has 0 saturated heterocycles. The van der Waals surface area contributed by atoms with Crippen LogP contribution in [-0.2, 0) is 25.5 Å². The Morgan fingerprint density at radius 1 is 1.00 bits per heavy atom. The number of aliphatic carboxylic acids is 2. The molecule has 0 bridgehead atoms. The van der Waals surface area contributed by atoms with E-state index in [2.05, 4.69) is 36.2 Å². The Kier molecular flexibility index (Phi) is 10.2. The van der Waals surface area contributed by atoms with Crippen LogP contribution in [0.4, 0.5) is 13.2 Å². The Balaban J connectivity index is 0.000000617. The van der Waals surface area contributed by atoms with E-state index in [1.165, 1.54) is 12.0 Å². The van der Waals surface area contributed by atoms with Gasteiger partial charge in [0, 0.05) is 16.0 Å². The minimum atomic E-state index is -5.08. The van der Waals surface area contributed by atoms with Gasteiger partial charge in [-0.2, -0.15) is 13.2 Å². The van der Waals surface area contributed by atoms with Crippen LogP contribution in [0.3, 0.4) is 0 Å². The van der Waals surface area contributed by atoms with Gasteiger partial charge in [0.1, 0.15) is 22.6 Å². The number of rotatable bonds is 8. The van der Waals surface area contributed by atoms with E-state index in [0.29, 0.717) is 18.0 Å². The molecule has 15 heteroatoms. The van der Waals surface area contributed by atoms with Crippen molar-refractivity contribution in [1.29, 1.82) is 0 Å². The summed E-state index contributed by atoms with van der Waals surface area (Å²) in [5.74, 6) is -2.25. The van der Waals surface area contributed by atoms with Crippen LogP contribution in [0.25, 0.3) is 5.00 Å². The highest BCUT2D eigenvalue weighted by Gasteiger charge is 2.38. The molecule has 1 aliphatic rings. The zero-order chi connectivity index (χ0) is 33.8. The number of nitrogens with zero attached hydrogens (tertiary/aromatic N) is 4. The van der Waals surface area contributed by atoms with E-state index >= 15 is 0 Å². The number of halogens is 3. The quantitative estimate of drug-likeness (QED) is 0.237. The van der Waals surface area contributed by atoms with Crippen LogP contribution < -0.4 is 4.74 Å². The monoisotopic (exact) mass is 658 g/mol. The highest BCUT2D eigenvalue weighted by atomic mass is 32.1. The standard InChI is InChI=1S/C29H28N4O5S.C2HF3O2/c1-16-17(2)39-29-26(16)27(30-23(14-25(36)37-4)28-32-31-18(3)33(28)29)21-10-8-19(9-11-21)12-20-6-5-7-22(13-20)38-15-24(34)35;3-2(4,5)1(6)7/h5-11,13,23H,12,14-15H2,1-4H3,(H,34,35);(H,6,7)/t23-;/m0./s1. The van der Waals surface area contributed by atoms with Crippen LogP contribution in [0, 0.1) is 20.8 Å². The number of ether oxygens (including phenoxy) is 2. The summed E-state index contributed by atoms with van der Waals surface area (Å²) in [6, 6.07) is 15.1. The second-order valence-corrected chi connectivity index (χ2v) is 11.4. The number of carbonyl (C=O) groups is 3. The lowest BCUT2D eigenvalue weighted by molar-refractivity contribution is -0.192. The molecule has 0 radical (unpaired) electrons. The SMILES string of the molecule is COC(=O)C[C@@H]1N=C(c2ccc(Cc3cccc(OCC(=O)O)c3)cc2)c2c(sc(C)c2C)-n2c(C)nnc21.O=C(O)C(F)(F)F. The van der Waals surface area contributed by atoms with Gasteiger partial charge in [0.25, 0.3) is 0 Å². The molecule has 5 rings (SSSR count). The maximum absolute atomic E-state index is 12.3. The fourth-order valence-corrected chi connectivity index (χ4v) is 5.89. The van der Waals surface area contributed by atoms with Gasteiger partial charge in [0.05, 0.1) is 19.2 Å². The first-order valence-corrected chi connectivity index (χ1v) is 14.5. The number of carboxylic acid groups (broad SMARTS) is 2. The average molecular weight is 659 g/mol. The number of hydrogen-bond donors (Lipinski definition) is 2. The molecule has 0 unspecified atom stereocenters. The molecule has 2 N–H and O–H groups in total. The number of hydrogen-bond acceptors (Lipinski definition) is 9. The van der Waals surface area contributed by atoms with Gasteiger partial charge in [0.15, 0.2) is 12.4 Å². The number of benzene rings is 2. The molecule has 0 aliphatic carbocycles. The first kappa shape index (κ1) is 33.8. The molecule has 1 aliphatic heterocycles. The molecular formula is C31H29F3N4O7S. The Morgan fingerprint density at radius 3 is 2.28 bits per heavy atom. The molecule has 1 atom stereocenters. The summed E-state index contributed by atoms with van der Waals surface area (Å²) in [6.45, 7) is 5.71. The largest absolute Gasteiger partial charge is 0.490 e. The predicted molar refractivity (Wildman–Crippen MR) is 161 cm³/mol. The smallest absolute Gasteiger partial charge is 0.482 e. The van der Waals surface area contributed by atoms with Crippen molar-refractivity contribution in [2.45, 2.75) is 45.8 Å². The van der Waals surface area contributed by atoms with Gasteiger partial charge >= 0.3 is 24.1 Å². The van der Waals surface area contributed by atoms with Crippen molar-refractivity contribution in [3.8, 4) is 10.8 Å². The summed E-state index contributed by atoms with van der Waals surface area (Å²) in [7, 11) is 1.37. The molecule has 46 heavy (non-hydrogen) atoms. The van der Waals surface area contributed by atoms with E-state index in [0.717, 1.165) is 44.4 Å². The fraction of sp³-hybridized carbons (Fsp3) is 0.290. The number of aliphatic imine (C=N–C) groups is 1. The first-order valence-electron chi connectivity index (χ1n) is 13.7. The predicted octanol–water partition coefficient (Wildman–Crippen LogP) is 5.40. The van der Waals surface area contributed by atoms with Crippen molar-refractivity contribution in [3.05, 3.63) is 92.9 Å². The third-order valence-electron chi connectivity index (χ3n) is 6.97. The number of fused-ring (bicyclic) bond motifs is 3. The summed E-state index contributed by atoms with van der Waals surface area (Å²) < 4.78 is 44.0. The maximum atomic E-state index is 12.3. The van der Waals surface area contributed by atoms with E-state index in [-0.39, 0.29) is 19.0 Å². The lowest BCUT2D eigenvalue weighted by Gasteiger charge is -2.12. The Bertz CT molecular complexity index is 1800. The lowest BCUT2D eigenvalue weighted by atomic mass is 9.97. The summed E-state index contributed by atoms with van der Waals surface area (Å²) in [4.78, 5) is 38.3. The zero-order valence-corrected chi connectivity index (χ0v) is 25.9. The topological polar surface area (TPSA) is 153 Å². The summed E-state index contributed by atoms with van der Waals surface area (Å²) in [5, 5.41) is 25.7. The van der Waals surface area contributed by atoms with E-state index in [4.69, 9.17) is 29.5 Å². The second-order valence-electron chi connectivity index (χ2n) is 10.2. The Morgan fingerprint density at radius 2 is 1.67 bits per heavy atom. The van der Waals surface area contributed by atoms with Crippen molar-refractivity contribution in [2.75, 3.05) is 13.7 Å². The molecule has 242 valence electrons. The molecule has 0 fully saturated rings. The molecule has 2 aromatic heterocycles. The molecular weight excluding hydrogens is 629 g/mol. The number of aryl methyl sites for hydroxylation is 2. The fourth-order valence-electron chi connectivity index (χ4n) is 4.67. The highest BCUT2D eigenvalue weighted by molar-refractivity contribution is 7.15. The van der Waals surface area contributed by atoms with E-state index in [1.807, 2.05) is 41.8 Å². The van der Waals surface area contributed by atoms with Crippen LogP contribution in [-0.4, -0.2) is 68.5 Å². The van der Waals surface area contributed by atoms with Gasteiger partial charge in [-0.25, -0.2) is 9.59 Å². The van der Waals surface area contributed by atoms with Gasteiger partial charge < -0.3 is 19.7 Å². The number of esters is 1. The third kappa shape index (κ3) is 7.77. The molecule has 2 aromatic carbocycles. The van der Waals surface area contributed by atoms with E-state index in [1.54, 1.807) is 17.4 Å². The van der Waals surface area contributed by atoms with Gasteiger partial charge in [-0.15, -0.1) is 21.5 Å². The van der Waals surface area contributed by atoms with E-state index < -0.39 is 24.2 Å². The normalized spacial score (nSPS) is 13.7. The lowest BCUT2D eigenvalue weighted by Crippen LogP contribution is -2.21. The molecule has 0 saturated carbocycles. The van der Waals surface area contributed by atoms with Crippen LogP contribution in [0.1, 0.15) is 56.8 Å². The number of alkyl halides is 3. The summed E-state index contributed by atoms with van der Waals surface area (Å²) in [6.07, 6.45) is -4.37. The zero-order valence-electron chi connectivity index (χ0n) is 25.1. The minimum absolute atomic E-state index is 0.0590. The number of aromatic nitrogens is 3. The molecule has 0 amide bonds. The summed E-state index contributed by atoms with van der Waals surface area (Å²) in [5.41, 5.74) is 5.99. The summed E-state index contributed by atoms with van der Waals surface area (Å²) >= 11 is 1.67. The van der Waals surface area contributed by atoms with Crippen molar-refractivity contribution < 1.29 is 47.2 Å². The maximum Gasteiger partial charge on any atom is 0.490 e. The van der Waals surface area contributed by atoms with Gasteiger partial charge in [0.2, 0.25) is 0 Å². The molecule has 4 aromatic rings. The van der Waals surface area contributed by atoms with Crippen LogP contribution in [0.5, 0.6) is 5.75 Å². The Hall–Kier alpha value is -5.05. The number of carbonyl (C=O) groups excluding carboxylic acids is 1. The Labute approximate surface area is 265 Å². The van der Waals surface area contributed by atoms with Gasteiger partial charge in [-0.1, -0.05) is 36.4 Å². The van der Waals surface area contributed by atoms with Crippen molar-refractivity contribution >= 4 is 35.0 Å². The van der Waals surface area contributed by atoms with Crippen molar-refractivity contribution in [1.82, 2.24) is 14.8 Å². The number of thiophene rings is 1. The van der Waals surface area contributed by atoms with Crippen molar-refractivity contribution in [2.24, 2.45) is 4.99 Å². The second kappa shape index (κ2) is 13.9. The number of methoxy groups -OCH3 is 1. The van der Waals surface area contributed by atoms with Crippen LogP contribution in [0.2, 0.25) is 0 Å². The number of carboxylic acids is 2. The first-order chi connectivity index (χ1) is 21.7. The van der Waals surface area contributed by atoms with Crippen LogP contribution >= 0.6 is 11.3 Å². The highest BCUT2D eigenvalue weighted by Crippen LogP contribution is 2.39. The minimum Gasteiger partial charge on any atom is -0.482 e. The average Bonchev–Trinajstić information content (AvgIpc) is 3.48. The molecule has 11 nitrogen and oxygen atoms in total. The van der Waals surface area contributed by atoms with Gasteiger partial charge in [-0.05, 0) is 56.0 Å².